The maximum atomic E-state index is 5.92. The number of anilines is 1. The Morgan fingerprint density at radius 2 is 1.88 bits per heavy atom. The first kappa shape index (κ1) is 10.2. The van der Waals surface area contributed by atoms with E-state index in [1.165, 1.54) is 5.56 Å². The van der Waals surface area contributed by atoms with Gasteiger partial charge in [-0.1, -0.05) is 32.0 Å². The van der Waals surface area contributed by atoms with Crippen molar-refractivity contribution in [2.45, 2.75) is 19.8 Å². The Labute approximate surface area is 100 Å². The Morgan fingerprint density at radius 3 is 2.65 bits per heavy atom. The molecule has 0 unspecified atom stereocenters. The molecule has 2 nitrogen and oxygen atoms in total. The molecule has 0 aliphatic rings. The Bertz CT molecular complexity index is 695. The van der Waals surface area contributed by atoms with Crippen molar-refractivity contribution in [1.82, 2.24) is 0 Å². The minimum Gasteiger partial charge on any atom is -0.454 e. The van der Waals surface area contributed by atoms with Gasteiger partial charge in [0.25, 0.3) is 0 Å². The van der Waals surface area contributed by atoms with Gasteiger partial charge in [0.05, 0.1) is 5.69 Å². The summed E-state index contributed by atoms with van der Waals surface area (Å²) >= 11 is 0. The molecule has 86 valence electrons. The summed E-state index contributed by atoms with van der Waals surface area (Å²) in [7, 11) is 0. The monoisotopic (exact) mass is 225 g/mol. The van der Waals surface area contributed by atoms with Gasteiger partial charge < -0.3 is 10.2 Å². The van der Waals surface area contributed by atoms with Crippen LogP contribution in [0.15, 0.2) is 40.8 Å². The standard InChI is InChI=1S/C15H15NO/c1-9(2)10-6-7-14-12(8-10)11-4-3-5-13(16)15(11)17-14/h3-9H,16H2,1-2H3. The number of nitrogens with two attached hydrogens (primary N) is 1. The van der Waals surface area contributed by atoms with E-state index in [1.54, 1.807) is 0 Å². The van der Waals surface area contributed by atoms with Gasteiger partial charge in [-0.15, -0.1) is 0 Å². The fraction of sp³-hybridized carbons (Fsp3) is 0.200. The van der Waals surface area contributed by atoms with Crippen molar-refractivity contribution < 1.29 is 4.42 Å². The van der Waals surface area contributed by atoms with Crippen LogP contribution in [0.2, 0.25) is 0 Å². The molecule has 17 heavy (non-hydrogen) atoms. The zero-order valence-corrected chi connectivity index (χ0v) is 10.0. The molecule has 0 aliphatic heterocycles. The van der Waals surface area contributed by atoms with E-state index in [-0.39, 0.29) is 0 Å². The number of hydrogen-bond acceptors (Lipinski definition) is 2. The van der Waals surface area contributed by atoms with Crippen molar-refractivity contribution in [1.29, 1.82) is 0 Å². The lowest BCUT2D eigenvalue weighted by Crippen LogP contribution is -1.85. The highest BCUT2D eigenvalue weighted by Gasteiger charge is 2.10. The molecule has 0 atom stereocenters. The van der Waals surface area contributed by atoms with E-state index in [9.17, 15) is 0 Å². The first-order valence-corrected chi connectivity index (χ1v) is 5.87. The fourth-order valence-electron chi connectivity index (χ4n) is 2.20. The number of para-hydroxylation sites is 1. The lowest BCUT2D eigenvalue weighted by atomic mass is 10.0. The Balaban J connectivity index is 2.42. The van der Waals surface area contributed by atoms with Crippen molar-refractivity contribution in [3.8, 4) is 0 Å². The van der Waals surface area contributed by atoms with E-state index >= 15 is 0 Å². The second-order valence-electron chi connectivity index (χ2n) is 4.74. The summed E-state index contributed by atoms with van der Waals surface area (Å²) in [5.74, 6) is 0.519. The molecule has 0 fully saturated rings. The van der Waals surface area contributed by atoms with Crippen LogP contribution in [0.4, 0.5) is 5.69 Å². The number of benzene rings is 2. The maximum absolute atomic E-state index is 5.92. The van der Waals surface area contributed by atoms with Crippen molar-refractivity contribution in [3.05, 3.63) is 42.0 Å². The first-order valence-electron chi connectivity index (χ1n) is 5.87. The number of rotatable bonds is 1. The van der Waals surface area contributed by atoms with Gasteiger partial charge in [-0.2, -0.15) is 0 Å². The minimum atomic E-state index is 0.519. The summed E-state index contributed by atoms with van der Waals surface area (Å²) < 4.78 is 5.79. The highest BCUT2D eigenvalue weighted by molar-refractivity contribution is 6.08. The third kappa shape index (κ3) is 1.48. The van der Waals surface area contributed by atoms with Crippen LogP contribution in [0.25, 0.3) is 21.9 Å². The highest BCUT2D eigenvalue weighted by Crippen LogP contribution is 2.33. The molecule has 3 rings (SSSR count). The van der Waals surface area contributed by atoms with E-state index in [1.807, 2.05) is 18.2 Å². The smallest absolute Gasteiger partial charge is 0.158 e. The van der Waals surface area contributed by atoms with Crippen LogP contribution in [0.1, 0.15) is 25.3 Å². The molecular formula is C15H15NO. The van der Waals surface area contributed by atoms with Gasteiger partial charge in [0, 0.05) is 10.8 Å². The average Bonchev–Trinajstić information content (AvgIpc) is 2.68. The summed E-state index contributed by atoms with van der Waals surface area (Å²) in [4.78, 5) is 0. The number of furan rings is 1. The van der Waals surface area contributed by atoms with Gasteiger partial charge >= 0.3 is 0 Å². The van der Waals surface area contributed by atoms with E-state index < -0.39 is 0 Å². The molecule has 1 aromatic heterocycles. The van der Waals surface area contributed by atoms with E-state index in [0.717, 1.165) is 21.9 Å². The quantitative estimate of drug-likeness (QED) is 0.627. The van der Waals surface area contributed by atoms with Crippen LogP contribution in [-0.2, 0) is 0 Å². The van der Waals surface area contributed by atoms with Gasteiger partial charge in [0.15, 0.2) is 5.58 Å². The SMILES string of the molecule is CC(C)c1ccc2oc3c(N)cccc3c2c1. The van der Waals surface area contributed by atoms with Gasteiger partial charge in [-0.05, 0) is 29.7 Å². The second-order valence-corrected chi connectivity index (χ2v) is 4.74. The van der Waals surface area contributed by atoms with Crippen LogP contribution in [0.5, 0.6) is 0 Å². The van der Waals surface area contributed by atoms with Crippen molar-refractivity contribution in [3.63, 3.8) is 0 Å². The van der Waals surface area contributed by atoms with Gasteiger partial charge in [0.1, 0.15) is 5.58 Å². The van der Waals surface area contributed by atoms with Crippen LogP contribution in [-0.4, -0.2) is 0 Å². The molecule has 0 spiro atoms. The zero-order valence-electron chi connectivity index (χ0n) is 10.0. The molecule has 0 saturated heterocycles. The van der Waals surface area contributed by atoms with E-state index in [0.29, 0.717) is 11.6 Å². The molecule has 0 amide bonds. The molecule has 0 aliphatic carbocycles. The van der Waals surface area contributed by atoms with E-state index in [2.05, 4.69) is 32.0 Å². The number of nitrogen functional groups attached to an aromatic ring is 1. The van der Waals surface area contributed by atoms with Gasteiger partial charge in [-0.25, -0.2) is 0 Å². The first-order chi connectivity index (χ1) is 8.16. The molecule has 0 bridgehead atoms. The number of hydrogen-bond donors (Lipinski definition) is 1. The van der Waals surface area contributed by atoms with Crippen LogP contribution in [0.3, 0.4) is 0 Å². The summed E-state index contributed by atoms with van der Waals surface area (Å²) in [6, 6.07) is 12.2. The van der Waals surface area contributed by atoms with Crippen molar-refractivity contribution in [2.75, 3.05) is 5.73 Å². The van der Waals surface area contributed by atoms with Crippen molar-refractivity contribution >= 4 is 27.6 Å². The van der Waals surface area contributed by atoms with Gasteiger partial charge in [-0.3, -0.25) is 0 Å². The molecule has 0 saturated carbocycles. The Hall–Kier alpha value is -1.96. The third-order valence-corrected chi connectivity index (χ3v) is 3.22. The van der Waals surface area contributed by atoms with Gasteiger partial charge in [0.2, 0.25) is 0 Å². The topological polar surface area (TPSA) is 39.2 Å². The normalized spacial score (nSPS) is 11.7. The third-order valence-electron chi connectivity index (χ3n) is 3.22. The van der Waals surface area contributed by atoms with Crippen molar-refractivity contribution in [2.24, 2.45) is 0 Å². The molecule has 2 heteroatoms. The molecule has 3 aromatic rings. The summed E-state index contributed by atoms with van der Waals surface area (Å²) in [6.45, 7) is 4.38. The molecule has 2 aromatic carbocycles. The number of fused-ring (bicyclic) bond motifs is 3. The summed E-state index contributed by atoms with van der Waals surface area (Å²) in [5, 5.41) is 2.25. The maximum Gasteiger partial charge on any atom is 0.158 e. The predicted molar refractivity (Wildman–Crippen MR) is 72.2 cm³/mol. The Morgan fingerprint density at radius 1 is 1.06 bits per heavy atom. The van der Waals surface area contributed by atoms with Crippen LogP contribution >= 0.6 is 0 Å². The summed E-state index contributed by atoms with van der Waals surface area (Å²) in [6.07, 6.45) is 0. The minimum absolute atomic E-state index is 0.519. The average molecular weight is 225 g/mol. The van der Waals surface area contributed by atoms with Crippen LogP contribution in [0, 0.1) is 0 Å². The molecule has 1 heterocycles. The largest absolute Gasteiger partial charge is 0.454 e. The fourth-order valence-corrected chi connectivity index (χ4v) is 2.20. The second kappa shape index (κ2) is 3.52. The highest BCUT2D eigenvalue weighted by atomic mass is 16.3. The Kier molecular flexibility index (Phi) is 2.11. The molecule has 0 radical (unpaired) electrons. The lowest BCUT2D eigenvalue weighted by molar-refractivity contribution is 0.670. The molecular weight excluding hydrogens is 210 g/mol. The summed E-state index contributed by atoms with van der Waals surface area (Å²) in [5.41, 5.74) is 9.64. The lowest BCUT2D eigenvalue weighted by Gasteiger charge is -2.03. The van der Waals surface area contributed by atoms with Crippen LogP contribution < -0.4 is 5.73 Å². The molecule has 2 N–H and O–H groups in total. The zero-order chi connectivity index (χ0) is 12.0. The van der Waals surface area contributed by atoms with E-state index in [4.69, 9.17) is 10.2 Å². The predicted octanol–water partition coefficient (Wildman–Crippen LogP) is 4.29.